The van der Waals surface area contributed by atoms with Crippen LogP contribution in [0.4, 0.5) is 0 Å². The molecule has 0 amide bonds. The maximum absolute atomic E-state index is 13.1. The second-order valence-electron chi connectivity index (χ2n) is 7.73. The van der Waals surface area contributed by atoms with Crippen LogP contribution in [-0.2, 0) is 18.4 Å². The Kier molecular flexibility index (Phi) is 2.96. The van der Waals surface area contributed by atoms with Crippen LogP contribution in [0.5, 0.6) is 0 Å². The van der Waals surface area contributed by atoms with Crippen molar-refractivity contribution in [2.45, 2.75) is 58.9 Å². The van der Waals surface area contributed by atoms with Crippen LogP contribution < -0.4 is 5.56 Å². The molecule has 4 rings (SSSR count). The molecule has 1 aromatic carbocycles. The number of nitrogens with zero attached hydrogens (tertiary/aromatic N) is 2. The van der Waals surface area contributed by atoms with Crippen molar-refractivity contribution in [3.05, 3.63) is 39.3 Å². The van der Waals surface area contributed by atoms with Gasteiger partial charge in [0.05, 0.1) is 10.9 Å². The summed E-state index contributed by atoms with van der Waals surface area (Å²) in [6, 6.07) is 4.51. The quantitative estimate of drug-likeness (QED) is 0.686. The fourth-order valence-corrected chi connectivity index (χ4v) is 3.92. The summed E-state index contributed by atoms with van der Waals surface area (Å²) in [5, 5.41) is 9.27. The van der Waals surface area contributed by atoms with Gasteiger partial charge in [0.25, 0.3) is 5.56 Å². The lowest BCUT2D eigenvalue weighted by Gasteiger charge is -2.26. The highest BCUT2D eigenvalue weighted by atomic mass is 16.1. The first-order chi connectivity index (χ1) is 10.9. The largest absolute Gasteiger partial charge is 0.302 e. The molecule has 23 heavy (non-hydrogen) atoms. The van der Waals surface area contributed by atoms with E-state index < -0.39 is 0 Å². The van der Waals surface area contributed by atoms with E-state index >= 15 is 0 Å². The molecule has 0 aliphatic heterocycles. The van der Waals surface area contributed by atoms with E-state index in [2.05, 4.69) is 43.1 Å². The van der Waals surface area contributed by atoms with Gasteiger partial charge in [-0.05, 0) is 76.6 Å². The number of fused-ring (bicyclic) bond motifs is 4. The number of aromatic amines is 1. The Hall–Kier alpha value is -2.10. The Morgan fingerprint density at radius 2 is 1.78 bits per heavy atom. The zero-order chi connectivity index (χ0) is 16.4. The summed E-state index contributed by atoms with van der Waals surface area (Å²) in [4.78, 5) is 13.1. The molecule has 2 aromatic heterocycles. The topological polar surface area (TPSA) is 50.7 Å². The van der Waals surface area contributed by atoms with Crippen molar-refractivity contribution in [2.75, 3.05) is 0 Å². The average Bonchev–Trinajstić information content (AvgIpc) is 2.87. The molecule has 0 spiro atoms. The first kappa shape index (κ1) is 14.5. The fourth-order valence-electron chi connectivity index (χ4n) is 3.92. The summed E-state index contributed by atoms with van der Waals surface area (Å²) in [7, 11) is 0. The number of hydrogen-bond donors (Lipinski definition) is 1. The second kappa shape index (κ2) is 4.70. The lowest BCUT2D eigenvalue weighted by atomic mass is 9.89. The minimum atomic E-state index is -0.268. The zero-order valence-corrected chi connectivity index (χ0v) is 14.3. The molecular formula is C19H23N3O. The van der Waals surface area contributed by atoms with Gasteiger partial charge in [-0.25, -0.2) is 0 Å². The smallest absolute Gasteiger partial charge is 0.262 e. The minimum Gasteiger partial charge on any atom is -0.302 e. The van der Waals surface area contributed by atoms with Crippen LogP contribution in [0.3, 0.4) is 0 Å². The molecule has 4 heteroatoms. The predicted octanol–water partition coefficient (Wildman–Crippen LogP) is 3.82. The van der Waals surface area contributed by atoms with E-state index in [0.717, 1.165) is 40.3 Å². The molecular weight excluding hydrogens is 286 g/mol. The number of rotatable bonds is 0. The highest BCUT2D eigenvalue weighted by Gasteiger charge is 2.24. The third kappa shape index (κ3) is 2.04. The second-order valence-corrected chi connectivity index (χ2v) is 7.73. The van der Waals surface area contributed by atoms with Gasteiger partial charge in [-0.2, -0.15) is 5.10 Å². The molecule has 1 aliphatic rings. The molecule has 1 N–H and O–H groups in total. The van der Waals surface area contributed by atoms with Crippen molar-refractivity contribution in [3.8, 4) is 0 Å². The number of nitrogens with one attached hydrogen (secondary N) is 1. The van der Waals surface area contributed by atoms with Gasteiger partial charge in [0, 0.05) is 16.6 Å². The number of H-pyrrole nitrogens is 1. The summed E-state index contributed by atoms with van der Waals surface area (Å²) in [6.07, 6.45) is 4.73. The summed E-state index contributed by atoms with van der Waals surface area (Å²) in [5.74, 6) is 0. The third-order valence-electron chi connectivity index (χ3n) is 4.99. The summed E-state index contributed by atoms with van der Waals surface area (Å²) in [6.45, 7) is 8.20. The average molecular weight is 309 g/mol. The van der Waals surface area contributed by atoms with Crippen LogP contribution in [0.25, 0.3) is 21.8 Å². The van der Waals surface area contributed by atoms with Gasteiger partial charge < -0.3 is 4.57 Å². The number of benzene rings is 1. The van der Waals surface area contributed by atoms with Crippen molar-refractivity contribution >= 4 is 21.8 Å². The molecule has 0 atom stereocenters. The van der Waals surface area contributed by atoms with Gasteiger partial charge in [-0.15, -0.1) is 0 Å². The molecule has 120 valence electrons. The first-order valence-corrected chi connectivity index (χ1v) is 8.43. The van der Waals surface area contributed by atoms with Crippen molar-refractivity contribution in [2.24, 2.45) is 0 Å². The number of aromatic nitrogens is 3. The van der Waals surface area contributed by atoms with Crippen LogP contribution >= 0.6 is 0 Å². The molecule has 0 bridgehead atoms. The molecule has 0 fully saturated rings. The van der Waals surface area contributed by atoms with Crippen molar-refractivity contribution in [1.82, 2.24) is 14.8 Å². The van der Waals surface area contributed by atoms with Gasteiger partial charge in [-0.1, -0.05) is 0 Å². The lowest BCUT2D eigenvalue weighted by molar-refractivity contribution is 0.400. The Bertz CT molecular complexity index is 986. The number of pyridine rings is 1. The first-order valence-electron chi connectivity index (χ1n) is 8.43. The maximum Gasteiger partial charge on any atom is 0.262 e. The molecule has 3 aromatic rings. The highest BCUT2D eigenvalue weighted by molar-refractivity contribution is 6.04. The minimum absolute atomic E-state index is 0.0574. The van der Waals surface area contributed by atoms with Crippen molar-refractivity contribution in [1.29, 1.82) is 0 Å². The standard InChI is InChI=1S/C19H23N3O/c1-11-16-17(21-20-11)14-9-12-7-5-6-8-13(12)10-15(14)22(18(16)23)19(2,3)4/h9-10H,5-8H2,1-4H3,(H,20,21). The fraction of sp³-hybridized carbons (Fsp3) is 0.474. The summed E-state index contributed by atoms with van der Waals surface area (Å²) in [5.41, 5.74) is 5.29. The Labute approximate surface area is 135 Å². The van der Waals surface area contributed by atoms with Crippen LogP contribution in [0.1, 0.15) is 50.4 Å². The molecule has 0 saturated heterocycles. The van der Waals surface area contributed by atoms with Gasteiger partial charge in [0.2, 0.25) is 0 Å². The van der Waals surface area contributed by atoms with E-state index in [1.165, 1.54) is 24.0 Å². The molecule has 4 nitrogen and oxygen atoms in total. The maximum atomic E-state index is 13.1. The molecule has 2 heterocycles. The SMILES string of the molecule is Cc1[nH]nc2c1c(=O)n(C(C)(C)C)c1cc3c(cc21)CCCC3. The van der Waals surface area contributed by atoms with Crippen molar-refractivity contribution < 1.29 is 0 Å². The van der Waals surface area contributed by atoms with Gasteiger partial charge in [0.1, 0.15) is 5.52 Å². The number of hydrogen-bond acceptors (Lipinski definition) is 2. The van der Waals surface area contributed by atoms with E-state index in [1.807, 2.05) is 11.5 Å². The number of aryl methyl sites for hydroxylation is 3. The highest BCUT2D eigenvalue weighted by Crippen LogP contribution is 2.32. The Morgan fingerprint density at radius 3 is 2.43 bits per heavy atom. The van der Waals surface area contributed by atoms with Gasteiger partial charge in [-0.3, -0.25) is 9.89 Å². The van der Waals surface area contributed by atoms with E-state index in [9.17, 15) is 4.79 Å². The zero-order valence-electron chi connectivity index (χ0n) is 14.3. The van der Waals surface area contributed by atoms with E-state index in [1.54, 1.807) is 0 Å². The van der Waals surface area contributed by atoms with E-state index in [4.69, 9.17) is 0 Å². The van der Waals surface area contributed by atoms with Crippen LogP contribution in [0.15, 0.2) is 16.9 Å². The summed E-state index contributed by atoms with van der Waals surface area (Å²) < 4.78 is 1.95. The van der Waals surface area contributed by atoms with Gasteiger partial charge in [0.15, 0.2) is 0 Å². The van der Waals surface area contributed by atoms with Gasteiger partial charge >= 0.3 is 0 Å². The Morgan fingerprint density at radius 1 is 1.13 bits per heavy atom. The van der Waals surface area contributed by atoms with Crippen LogP contribution in [0.2, 0.25) is 0 Å². The lowest BCUT2D eigenvalue weighted by Crippen LogP contribution is -2.34. The van der Waals surface area contributed by atoms with Crippen LogP contribution in [0, 0.1) is 6.92 Å². The van der Waals surface area contributed by atoms with Crippen LogP contribution in [-0.4, -0.2) is 14.8 Å². The molecule has 0 unspecified atom stereocenters. The normalized spacial score (nSPS) is 15.3. The Balaban J connectivity index is 2.25. The van der Waals surface area contributed by atoms with E-state index in [0.29, 0.717) is 0 Å². The monoisotopic (exact) mass is 309 g/mol. The predicted molar refractivity (Wildman–Crippen MR) is 94.2 cm³/mol. The van der Waals surface area contributed by atoms with Crippen molar-refractivity contribution in [3.63, 3.8) is 0 Å². The summed E-state index contributed by atoms with van der Waals surface area (Å²) >= 11 is 0. The van der Waals surface area contributed by atoms with E-state index in [-0.39, 0.29) is 11.1 Å². The molecule has 1 aliphatic carbocycles. The molecule has 0 radical (unpaired) electrons. The third-order valence-corrected chi connectivity index (χ3v) is 4.99. The molecule has 0 saturated carbocycles.